The van der Waals surface area contributed by atoms with Gasteiger partial charge in [0.05, 0.1) is 11.7 Å². The summed E-state index contributed by atoms with van der Waals surface area (Å²) in [4.78, 5) is 2.16. The van der Waals surface area contributed by atoms with Crippen LogP contribution in [0.25, 0.3) is 0 Å². The Morgan fingerprint density at radius 1 is 1.39 bits per heavy atom. The third-order valence-electron chi connectivity index (χ3n) is 3.38. The topological polar surface area (TPSA) is 44.7 Å². The molecule has 0 rings (SSSR count). The maximum Gasteiger partial charge on any atom is 0.0775 e. The molecule has 0 spiro atoms. The number of ether oxygens (including phenoxy) is 1. The highest BCUT2D eigenvalue weighted by Crippen LogP contribution is 2.17. The average Bonchev–Trinajstić information content (AvgIpc) is 2.27. The largest absolute Gasteiger partial charge is 0.392 e. The van der Waals surface area contributed by atoms with Gasteiger partial charge in [0.2, 0.25) is 0 Å². The molecular weight excluding hydrogens is 228 g/mol. The van der Waals surface area contributed by atoms with Crippen LogP contribution in [0.3, 0.4) is 0 Å². The summed E-state index contributed by atoms with van der Waals surface area (Å²) in [5.74, 6) is 0. The minimum atomic E-state index is -0.271. The molecule has 0 saturated heterocycles. The number of hydrogen-bond donors (Lipinski definition) is 2. The molecule has 2 N–H and O–H groups in total. The first-order chi connectivity index (χ1) is 8.33. The highest BCUT2D eigenvalue weighted by Gasteiger charge is 2.28. The van der Waals surface area contributed by atoms with E-state index in [2.05, 4.69) is 31.0 Å². The molecule has 0 aromatic carbocycles. The summed E-state index contributed by atoms with van der Waals surface area (Å²) in [6.45, 7) is 10.9. The molecule has 0 aromatic rings. The second kappa shape index (κ2) is 8.86. The van der Waals surface area contributed by atoms with E-state index in [1.165, 1.54) is 0 Å². The molecule has 4 heteroatoms. The molecule has 0 aliphatic carbocycles. The first-order valence-electron chi connectivity index (χ1n) is 6.98. The van der Waals surface area contributed by atoms with E-state index in [4.69, 9.17) is 4.74 Å². The molecule has 2 unspecified atom stereocenters. The molecule has 0 saturated carbocycles. The van der Waals surface area contributed by atoms with Gasteiger partial charge < -0.3 is 20.1 Å². The number of nitrogens with zero attached hydrogens (tertiary/aromatic N) is 1. The Kier molecular flexibility index (Phi) is 8.78. The van der Waals surface area contributed by atoms with Gasteiger partial charge in [-0.25, -0.2) is 0 Å². The van der Waals surface area contributed by atoms with Crippen LogP contribution in [0.2, 0.25) is 0 Å². The summed E-state index contributed by atoms with van der Waals surface area (Å²) in [6, 6.07) is 0.332. The zero-order valence-electron chi connectivity index (χ0n) is 13.0. The van der Waals surface area contributed by atoms with Gasteiger partial charge in [0.25, 0.3) is 0 Å². The van der Waals surface area contributed by atoms with Crippen LogP contribution in [-0.4, -0.2) is 61.5 Å². The Bertz CT molecular complexity index is 208. The summed E-state index contributed by atoms with van der Waals surface area (Å²) in [7, 11) is 3.81. The molecule has 18 heavy (non-hydrogen) atoms. The van der Waals surface area contributed by atoms with E-state index in [9.17, 15) is 5.11 Å². The van der Waals surface area contributed by atoms with Crippen LogP contribution in [0.15, 0.2) is 0 Å². The van der Waals surface area contributed by atoms with Gasteiger partial charge >= 0.3 is 0 Å². The molecule has 0 amide bonds. The van der Waals surface area contributed by atoms with Crippen LogP contribution in [0, 0.1) is 0 Å². The van der Waals surface area contributed by atoms with Crippen molar-refractivity contribution in [3.63, 3.8) is 0 Å². The summed E-state index contributed by atoms with van der Waals surface area (Å²) >= 11 is 0. The van der Waals surface area contributed by atoms with E-state index >= 15 is 0 Å². The molecule has 0 aliphatic rings. The van der Waals surface area contributed by atoms with Gasteiger partial charge in [0.15, 0.2) is 0 Å². The average molecular weight is 260 g/mol. The Morgan fingerprint density at radius 2 is 2.00 bits per heavy atom. The van der Waals surface area contributed by atoms with Crippen LogP contribution in [0.1, 0.15) is 40.5 Å². The van der Waals surface area contributed by atoms with Crippen molar-refractivity contribution < 1.29 is 9.84 Å². The Hall–Kier alpha value is -0.160. The Balaban J connectivity index is 4.24. The lowest BCUT2D eigenvalue weighted by atomic mass is 9.95. The van der Waals surface area contributed by atoms with Gasteiger partial charge in [-0.2, -0.15) is 0 Å². The monoisotopic (exact) mass is 260 g/mol. The van der Waals surface area contributed by atoms with Crippen LogP contribution in [-0.2, 0) is 4.74 Å². The van der Waals surface area contributed by atoms with Crippen molar-refractivity contribution in [3.8, 4) is 0 Å². The van der Waals surface area contributed by atoms with Crippen LogP contribution < -0.4 is 5.32 Å². The van der Waals surface area contributed by atoms with E-state index < -0.39 is 0 Å². The van der Waals surface area contributed by atoms with Crippen molar-refractivity contribution in [1.82, 2.24) is 10.2 Å². The number of aliphatic hydroxyl groups is 1. The van der Waals surface area contributed by atoms with Crippen LogP contribution in [0.4, 0.5) is 0 Å². The summed E-state index contributed by atoms with van der Waals surface area (Å²) in [5, 5.41) is 12.9. The van der Waals surface area contributed by atoms with E-state index in [0.717, 1.165) is 25.9 Å². The number of hydrogen-bond acceptors (Lipinski definition) is 4. The van der Waals surface area contributed by atoms with Crippen molar-refractivity contribution in [1.29, 1.82) is 0 Å². The number of nitrogens with one attached hydrogen (secondary N) is 1. The zero-order valence-corrected chi connectivity index (χ0v) is 13.0. The fourth-order valence-electron chi connectivity index (χ4n) is 2.05. The lowest BCUT2D eigenvalue weighted by Gasteiger charge is -2.35. The maximum absolute atomic E-state index is 9.35. The van der Waals surface area contributed by atoms with E-state index in [0.29, 0.717) is 12.6 Å². The van der Waals surface area contributed by atoms with Crippen molar-refractivity contribution in [2.24, 2.45) is 0 Å². The fraction of sp³-hybridized carbons (Fsp3) is 1.00. The summed E-state index contributed by atoms with van der Waals surface area (Å²) in [6.07, 6.45) is 1.87. The fourth-order valence-corrected chi connectivity index (χ4v) is 2.05. The Labute approximate surface area is 113 Å². The van der Waals surface area contributed by atoms with E-state index in [1.54, 1.807) is 7.11 Å². The molecule has 0 aliphatic heterocycles. The second-order valence-electron chi connectivity index (χ2n) is 5.71. The molecule has 0 heterocycles. The quantitative estimate of drug-likeness (QED) is 0.624. The van der Waals surface area contributed by atoms with Crippen LogP contribution >= 0.6 is 0 Å². The number of aliphatic hydroxyl groups excluding tert-OH is 1. The standard InChI is InChI=1S/C14H32N2O2/c1-7-9-15-13(14(3,4)18-6)8-10-16(5)11-12(2)17/h12-13,15,17H,7-11H2,1-6H3. The van der Waals surface area contributed by atoms with Crippen LogP contribution in [0.5, 0.6) is 0 Å². The van der Waals surface area contributed by atoms with Gasteiger partial charge in [-0.3, -0.25) is 0 Å². The van der Waals surface area contributed by atoms with Crippen molar-refractivity contribution in [2.45, 2.75) is 58.3 Å². The minimum absolute atomic E-state index is 0.166. The minimum Gasteiger partial charge on any atom is -0.392 e. The smallest absolute Gasteiger partial charge is 0.0775 e. The first-order valence-corrected chi connectivity index (χ1v) is 6.98. The van der Waals surface area contributed by atoms with Crippen molar-refractivity contribution in [2.75, 3.05) is 33.8 Å². The summed E-state index contributed by atoms with van der Waals surface area (Å²) in [5.41, 5.74) is -0.166. The van der Waals surface area contributed by atoms with Crippen molar-refractivity contribution in [3.05, 3.63) is 0 Å². The lowest BCUT2D eigenvalue weighted by Crippen LogP contribution is -2.49. The third-order valence-corrected chi connectivity index (χ3v) is 3.38. The van der Waals surface area contributed by atoms with Gasteiger partial charge in [-0.1, -0.05) is 6.92 Å². The van der Waals surface area contributed by atoms with Gasteiger partial charge in [-0.05, 0) is 53.8 Å². The summed E-state index contributed by atoms with van der Waals surface area (Å²) < 4.78 is 5.58. The lowest BCUT2D eigenvalue weighted by molar-refractivity contribution is -0.0149. The number of methoxy groups -OCH3 is 1. The normalized spacial score (nSPS) is 16.0. The molecule has 0 radical (unpaired) electrons. The van der Waals surface area contributed by atoms with Crippen molar-refractivity contribution >= 4 is 0 Å². The van der Waals surface area contributed by atoms with Gasteiger partial charge in [0, 0.05) is 19.7 Å². The molecule has 110 valence electrons. The molecular formula is C14H32N2O2. The highest BCUT2D eigenvalue weighted by atomic mass is 16.5. The van der Waals surface area contributed by atoms with Gasteiger partial charge in [-0.15, -0.1) is 0 Å². The van der Waals surface area contributed by atoms with E-state index in [1.807, 2.05) is 14.0 Å². The van der Waals surface area contributed by atoms with E-state index in [-0.39, 0.29) is 11.7 Å². The predicted molar refractivity (Wildman–Crippen MR) is 77.0 cm³/mol. The zero-order chi connectivity index (χ0) is 14.2. The third kappa shape index (κ3) is 7.31. The SMILES string of the molecule is CCCNC(CCN(C)CC(C)O)C(C)(C)OC. The Morgan fingerprint density at radius 3 is 2.44 bits per heavy atom. The molecule has 0 bridgehead atoms. The molecule has 0 fully saturated rings. The molecule has 4 nitrogen and oxygen atoms in total. The van der Waals surface area contributed by atoms with Gasteiger partial charge in [0.1, 0.15) is 0 Å². The highest BCUT2D eigenvalue weighted by molar-refractivity contribution is 4.86. The second-order valence-corrected chi connectivity index (χ2v) is 5.71. The number of likely N-dealkylation sites (N-methyl/N-ethyl adjacent to an activating group) is 1. The maximum atomic E-state index is 9.35. The molecule has 0 aromatic heterocycles. The number of rotatable bonds is 10. The predicted octanol–water partition coefficient (Wildman–Crippen LogP) is 1.48. The molecule has 2 atom stereocenters. The first kappa shape index (κ1) is 17.8.